The molecule has 0 aromatic heterocycles. The lowest BCUT2D eigenvalue weighted by atomic mass is 10.0. The zero-order chi connectivity index (χ0) is 14.4. The van der Waals surface area contributed by atoms with E-state index >= 15 is 0 Å². The lowest BCUT2D eigenvalue weighted by Gasteiger charge is -2.13. The molecule has 20 heavy (non-hydrogen) atoms. The predicted octanol–water partition coefficient (Wildman–Crippen LogP) is 3.49. The summed E-state index contributed by atoms with van der Waals surface area (Å²) in [5.41, 5.74) is 2.36. The van der Waals surface area contributed by atoms with Gasteiger partial charge in [-0.15, -0.1) is 0 Å². The molecule has 0 aliphatic carbocycles. The summed E-state index contributed by atoms with van der Waals surface area (Å²) in [4.78, 5) is 10.3. The van der Waals surface area contributed by atoms with E-state index in [0.29, 0.717) is 12.5 Å². The van der Waals surface area contributed by atoms with Gasteiger partial charge in [0.1, 0.15) is 0 Å². The highest BCUT2D eigenvalue weighted by atomic mass is 16.6. The molecule has 1 unspecified atom stereocenters. The van der Waals surface area contributed by atoms with Crippen molar-refractivity contribution in [1.82, 2.24) is 5.32 Å². The van der Waals surface area contributed by atoms with E-state index in [2.05, 4.69) is 24.4 Å². The highest BCUT2D eigenvalue weighted by Crippen LogP contribution is 2.15. The van der Waals surface area contributed by atoms with Gasteiger partial charge in [-0.05, 0) is 17.0 Å². The van der Waals surface area contributed by atoms with Crippen molar-refractivity contribution in [2.45, 2.75) is 19.4 Å². The Balaban J connectivity index is 1.87. The summed E-state index contributed by atoms with van der Waals surface area (Å²) < 4.78 is 0. The number of nitrogens with zero attached hydrogens (tertiary/aromatic N) is 1. The summed E-state index contributed by atoms with van der Waals surface area (Å²) in [6, 6.07) is 17.0. The Morgan fingerprint density at radius 1 is 1.15 bits per heavy atom. The zero-order valence-electron chi connectivity index (χ0n) is 11.5. The molecule has 2 aromatic carbocycles. The number of hydrogen-bond donors (Lipinski definition) is 1. The van der Waals surface area contributed by atoms with E-state index in [-0.39, 0.29) is 10.6 Å². The molecule has 1 N–H and O–H groups in total. The number of nitro groups is 1. The van der Waals surface area contributed by atoms with Crippen LogP contribution in [-0.2, 0) is 6.54 Å². The van der Waals surface area contributed by atoms with Crippen LogP contribution in [0.25, 0.3) is 0 Å². The summed E-state index contributed by atoms with van der Waals surface area (Å²) in [5.74, 6) is 0.412. The van der Waals surface area contributed by atoms with Gasteiger partial charge in [0.15, 0.2) is 0 Å². The highest BCUT2D eigenvalue weighted by Gasteiger charge is 2.07. The van der Waals surface area contributed by atoms with Gasteiger partial charge in [-0.2, -0.15) is 0 Å². The van der Waals surface area contributed by atoms with Crippen molar-refractivity contribution >= 4 is 5.69 Å². The van der Waals surface area contributed by atoms with E-state index in [1.165, 1.54) is 11.6 Å². The second kappa shape index (κ2) is 6.82. The average Bonchev–Trinajstić information content (AvgIpc) is 2.48. The van der Waals surface area contributed by atoms with Crippen LogP contribution in [0.4, 0.5) is 5.69 Å². The predicted molar refractivity (Wildman–Crippen MR) is 79.7 cm³/mol. The fourth-order valence-electron chi connectivity index (χ4n) is 2.11. The van der Waals surface area contributed by atoms with Crippen LogP contribution < -0.4 is 5.32 Å². The first-order chi connectivity index (χ1) is 9.66. The SMILES string of the molecule is CC(CNCc1cccc([N+](=O)[O-])c1)c1ccccc1. The van der Waals surface area contributed by atoms with Crippen LogP contribution in [0, 0.1) is 10.1 Å². The maximum absolute atomic E-state index is 10.7. The van der Waals surface area contributed by atoms with Gasteiger partial charge in [-0.3, -0.25) is 10.1 Å². The Bertz CT molecular complexity index is 570. The van der Waals surface area contributed by atoms with Crippen LogP contribution >= 0.6 is 0 Å². The molecule has 4 heteroatoms. The minimum Gasteiger partial charge on any atom is -0.312 e. The van der Waals surface area contributed by atoms with Gasteiger partial charge in [0.2, 0.25) is 0 Å². The van der Waals surface area contributed by atoms with Gasteiger partial charge >= 0.3 is 0 Å². The van der Waals surface area contributed by atoms with Crippen LogP contribution in [0.3, 0.4) is 0 Å². The number of hydrogen-bond acceptors (Lipinski definition) is 3. The van der Waals surface area contributed by atoms with Crippen molar-refractivity contribution < 1.29 is 4.92 Å². The monoisotopic (exact) mass is 270 g/mol. The summed E-state index contributed by atoms with van der Waals surface area (Å²) in [6.45, 7) is 3.64. The second-order valence-electron chi connectivity index (χ2n) is 4.87. The topological polar surface area (TPSA) is 55.2 Å². The fourth-order valence-corrected chi connectivity index (χ4v) is 2.11. The lowest BCUT2D eigenvalue weighted by Crippen LogP contribution is -2.19. The quantitative estimate of drug-likeness (QED) is 0.645. The molecule has 0 amide bonds. The third-order valence-corrected chi connectivity index (χ3v) is 3.27. The van der Waals surface area contributed by atoms with Crippen molar-refractivity contribution in [1.29, 1.82) is 0 Å². The summed E-state index contributed by atoms with van der Waals surface area (Å²) in [7, 11) is 0. The molecule has 0 saturated heterocycles. The summed E-state index contributed by atoms with van der Waals surface area (Å²) in [6.07, 6.45) is 0. The Morgan fingerprint density at radius 3 is 2.60 bits per heavy atom. The molecular formula is C16H18N2O2. The average molecular weight is 270 g/mol. The Kier molecular flexibility index (Phi) is 4.85. The van der Waals surface area contributed by atoms with E-state index in [1.807, 2.05) is 24.3 Å². The molecule has 0 radical (unpaired) electrons. The molecule has 2 aromatic rings. The molecule has 0 aliphatic rings. The van der Waals surface area contributed by atoms with Gasteiger partial charge in [-0.1, -0.05) is 49.4 Å². The number of non-ortho nitro benzene ring substituents is 1. The molecule has 2 rings (SSSR count). The van der Waals surface area contributed by atoms with Crippen LogP contribution in [0.15, 0.2) is 54.6 Å². The van der Waals surface area contributed by atoms with Gasteiger partial charge in [0, 0.05) is 25.2 Å². The lowest BCUT2D eigenvalue weighted by molar-refractivity contribution is -0.384. The first-order valence-electron chi connectivity index (χ1n) is 6.66. The number of nitrogens with one attached hydrogen (secondary N) is 1. The van der Waals surface area contributed by atoms with Crippen molar-refractivity contribution in [2.75, 3.05) is 6.54 Å². The molecule has 4 nitrogen and oxygen atoms in total. The maximum Gasteiger partial charge on any atom is 0.269 e. The van der Waals surface area contributed by atoms with Crippen LogP contribution in [0.1, 0.15) is 24.0 Å². The molecule has 0 fully saturated rings. The largest absolute Gasteiger partial charge is 0.312 e. The molecule has 0 bridgehead atoms. The molecule has 1 atom stereocenters. The highest BCUT2D eigenvalue weighted by molar-refractivity contribution is 5.34. The third-order valence-electron chi connectivity index (χ3n) is 3.27. The van der Waals surface area contributed by atoms with E-state index in [9.17, 15) is 10.1 Å². The smallest absolute Gasteiger partial charge is 0.269 e. The Morgan fingerprint density at radius 2 is 1.90 bits per heavy atom. The molecule has 0 spiro atoms. The zero-order valence-corrected chi connectivity index (χ0v) is 11.5. The van der Waals surface area contributed by atoms with Gasteiger partial charge in [0.25, 0.3) is 5.69 Å². The molecule has 0 aliphatic heterocycles. The van der Waals surface area contributed by atoms with E-state index in [4.69, 9.17) is 0 Å². The molecule has 104 valence electrons. The maximum atomic E-state index is 10.7. The first kappa shape index (κ1) is 14.2. The molecular weight excluding hydrogens is 252 g/mol. The van der Waals surface area contributed by atoms with E-state index in [0.717, 1.165) is 12.1 Å². The van der Waals surface area contributed by atoms with Crippen molar-refractivity contribution in [3.05, 3.63) is 75.8 Å². The minimum atomic E-state index is -0.365. The van der Waals surface area contributed by atoms with Crippen LogP contribution in [0.2, 0.25) is 0 Å². The molecule has 0 heterocycles. The molecule has 0 saturated carbocycles. The Labute approximate surface area is 118 Å². The fraction of sp³-hybridized carbons (Fsp3) is 0.250. The van der Waals surface area contributed by atoms with Crippen LogP contribution in [-0.4, -0.2) is 11.5 Å². The van der Waals surface area contributed by atoms with Crippen molar-refractivity contribution in [2.24, 2.45) is 0 Å². The third kappa shape index (κ3) is 3.90. The normalized spacial score (nSPS) is 12.1. The van der Waals surface area contributed by atoms with Gasteiger partial charge in [0.05, 0.1) is 4.92 Å². The van der Waals surface area contributed by atoms with Crippen molar-refractivity contribution in [3.8, 4) is 0 Å². The standard InChI is InChI=1S/C16H18N2O2/c1-13(15-7-3-2-4-8-15)11-17-12-14-6-5-9-16(10-14)18(19)20/h2-10,13,17H,11-12H2,1H3. The van der Waals surface area contributed by atoms with Gasteiger partial charge < -0.3 is 5.32 Å². The second-order valence-corrected chi connectivity index (χ2v) is 4.87. The summed E-state index contributed by atoms with van der Waals surface area (Å²) >= 11 is 0. The Hall–Kier alpha value is -2.20. The number of nitro benzene ring substituents is 1. The number of benzene rings is 2. The van der Waals surface area contributed by atoms with Gasteiger partial charge in [-0.25, -0.2) is 0 Å². The minimum absolute atomic E-state index is 0.139. The van der Waals surface area contributed by atoms with Crippen molar-refractivity contribution in [3.63, 3.8) is 0 Å². The first-order valence-corrected chi connectivity index (χ1v) is 6.66. The summed E-state index contributed by atoms with van der Waals surface area (Å²) in [5, 5.41) is 14.0. The van der Waals surface area contributed by atoms with E-state index in [1.54, 1.807) is 12.1 Å². The number of rotatable bonds is 6. The van der Waals surface area contributed by atoms with Crippen LogP contribution in [0.5, 0.6) is 0 Å². The van der Waals surface area contributed by atoms with E-state index < -0.39 is 0 Å².